The van der Waals surface area contributed by atoms with Gasteiger partial charge in [-0.1, -0.05) is 115 Å². The predicted octanol–water partition coefficient (Wildman–Crippen LogP) is 7.55. The lowest BCUT2D eigenvalue weighted by atomic mass is 10.0. The topological polar surface area (TPSA) is 137 Å². The molecule has 10 heteroatoms. The van der Waals surface area contributed by atoms with E-state index in [4.69, 9.17) is 13.9 Å². The van der Waals surface area contributed by atoms with Crippen molar-refractivity contribution in [3.63, 3.8) is 0 Å². The number of esters is 2. The molecular weight excluding hydrogens is 670 g/mol. The van der Waals surface area contributed by atoms with Crippen LogP contribution in [0.4, 0.5) is 0 Å². The molecular formula is C43H37N3O7. The molecule has 2 amide bonds. The van der Waals surface area contributed by atoms with Crippen LogP contribution in [0.1, 0.15) is 68.2 Å². The van der Waals surface area contributed by atoms with Crippen molar-refractivity contribution in [3.8, 4) is 11.5 Å². The number of carbonyl (C=O) groups is 4. The van der Waals surface area contributed by atoms with E-state index in [-0.39, 0.29) is 55.2 Å². The summed E-state index contributed by atoms with van der Waals surface area (Å²) in [5.74, 6) is -1.36. The van der Waals surface area contributed by atoms with Crippen LogP contribution in [-0.2, 0) is 32.3 Å². The van der Waals surface area contributed by atoms with Crippen molar-refractivity contribution in [2.24, 2.45) is 0 Å². The zero-order chi connectivity index (χ0) is 36.8. The zero-order valence-corrected chi connectivity index (χ0v) is 28.7. The van der Waals surface area contributed by atoms with Gasteiger partial charge in [0.25, 0.3) is 11.8 Å². The van der Waals surface area contributed by atoms with E-state index in [0.29, 0.717) is 16.7 Å². The molecule has 5 aromatic carbocycles. The molecule has 0 aliphatic carbocycles. The number of nitrogens with zero attached hydrogens (tertiary/aromatic N) is 1. The molecule has 2 atom stereocenters. The molecule has 6 aromatic rings. The van der Waals surface area contributed by atoms with Gasteiger partial charge >= 0.3 is 11.9 Å². The zero-order valence-electron chi connectivity index (χ0n) is 28.7. The second-order valence-corrected chi connectivity index (χ2v) is 12.1. The lowest BCUT2D eigenvalue weighted by Crippen LogP contribution is -2.30. The van der Waals surface area contributed by atoms with Gasteiger partial charge in [0.2, 0.25) is 5.89 Å². The fourth-order valence-corrected chi connectivity index (χ4v) is 5.60. The van der Waals surface area contributed by atoms with Crippen molar-refractivity contribution in [1.82, 2.24) is 15.6 Å². The van der Waals surface area contributed by atoms with Gasteiger partial charge in [-0.25, -0.2) is 4.98 Å². The van der Waals surface area contributed by atoms with Crippen molar-refractivity contribution in [1.29, 1.82) is 0 Å². The number of rotatable bonds is 15. The Morgan fingerprint density at radius 1 is 0.528 bits per heavy atom. The molecule has 10 nitrogen and oxygen atoms in total. The molecule has 1 aromatic heterocycles. The monoisotopic (exact) mass is 707 g/mol. The fraction of sp³-hybridized carbons (Fsp3) is 0.140. The van der Waals surface area contributed by atoms with E-state index in [9.17, 15) is 19.2 Å². The van der Waals surface area contributed by atoms with Crippen molar-refractivity contribution in [2.75, 3.05) is 0 Å². The number of hydrogen-bond acceptors (Lipinski definition) is 8. The average Bonchev–Trinajstić information content (AvgIpc) is 3.63. The average molecular weight is 708 g/mol. The number of ether oxygens (including phenoxy) is 2. The highest BCUT2D eigenvalue weighted by Crippen LogP contribution is 2.25. The van der Waals surface area contributed by atoms with Crippen LogP contribution in [0.15, 0.2) is 156 Å². The van der Waals surface area contributed by atoms with Gasteiger partial charge in [0, 0.05) is 16.7 Å². The molecule has 0 saturated heterocycles. The highest BCUT2D eigenvalue weighted by Gasteiger charge is 2.24. The first-order valence-corrected chi connectivity index (χ1v) is 17.1. The summed E-state index contributed by atoms with van der Waals surface area (Å²) < 4.78 is 17.4. The Labute approximate surface area is 306 Å². The lowest BCUT2D eigenvalue weighted by molar-refractivity contribution is -0.147. The molecule has 0 fully saturated rings. The molecule has 1 heterocycles. The number of hydrogen-bond donors (Lipinski definition) is 2. The first-order chi connectivity index (χ1) is 25.9. The third kappa shape index (κ3) is 10.1. The van der Waals surface area contributed by atoms with Crippen molar-refractivity contribution < 1.29 is 33.1 Å². The minimum atomic E-state index is -0.661. The minimum absolute atomic E-state index is 0.147. The minimum Gasteiger partial charge on any atom is -0.459 e. The second kappa shape index (κ2) is 17.9. The van der Waals surface area contributed by atoms with Crippen LogP contribution >= 0.6 is 0 Å². The normalized spacial score (nSPS) is 11.8. The van der Waals surface area contributed by atoms with Crippen LogP contribution in [0.3, 0.4) is 0 Å². The maximum absolute atomic E-state index is 13.3. The lowest BCUT2D eigenvalue weighted by Gasteiger charge is -2.19. The van der Waals surface area contributed by atoms with E-state index in [1.165, 1.54) is 0 Å². The van der Waals surface area contributed by atoms with Gasteiger partial charge in [-0.3, -0.25) is 19.2 Å². The fourth-order valence-electron chi connectivity index (χ4n) is 5.60. The molecule has 6 rings (SSSR count). The summed E-state index contributed by atoms with van der Waals surface area (Å²) in [6.07, 6.45) is -0.298. The maximum Gasteiger partial charge on any atom is 0.308 e. The standard InChI is InChI=1S/C43H37N3O7/c47-39(26-35(30-16-6-1-7-17-30)44-41(49)32-20-10-3-11-21-32)51-28-37-38(53-43(46-37)34-24-14-5-15-25-34)29-52-40(48)27-36(31-18-8-2-9-19-31)45-42(50)33-22-12-4-13-23-33/h1-25,35-36H,26-29H2,(H,44,49)(H,45,50). The molecule has 0 aliphatic heterocycles. The van der Waals surface area contributed by atoms with Crippen molar-refractivity contribution in [2.45, 2.75) is 38.1 Å². The molecule has 2 unspecified atom stereocenters. The van der Waals surface area contributed by atoms with Gasteiger partial charge in [-0.05, 0) is 47.5 Å². The van der Waals surface area contributed by atoms with Gasteiger partial charge in [-0.2, -0.15) is 0 Å². The van der Waals surface area contributed by atoms with Crippen molar-refractivity contribution >= 4 is 23.8 Å². The second-order valence-electron chi connectivity index (χ2n) is 12.1. The van der Waals surface area contributed by atoms with Gasteiger partial charge in [0.05, 0.1) is 24.9 Å². The van der Waals surface area contributed by atoms with Crippen LogP contribution in [0.2, 0.25) is 0 Å². The molecule has 53 heavy (non-hydrogen) atoms. The molecule has 266 valence electrons. The van der Waals surface area contributed by atoms with Crippen LogP contribution in [0.5, 0.6) is 0 Å². The van der Waals surface area contributed by atoms with Crippen LogP contribution in [-0.4, -0.2) is 28.7 Å². The molecule has 2 N–H and O–H groups in total. The molecule has 0 aliphatic rings. The van der Waals surface area contributed by atoms with E-state index in [2.05, 4.69) is 15.6 Å². The number of aromatic nitrogens is 1. The van der Waals surface area contributed by atoms with Crippen LogP contribution in [0.25, 0.3) is 11.5 Å². The van der Waals surface area contributed by atoms with E-state index in [1.54, 1.807) is 48.5 Å². The molecule has 0 bridgehead atoms. The maximum atomic E-state index is 13.3. The SMILES string of the molecule is O=C(CC(NC(=O)c1ccccc1)c1ccccc1)OCc1nc(-c2ccccc2)oc1COC(=O)CC(NC(=O)c1ccccc1)c1ccccc1. The summed E-state index contributed by atoms with van der Waals surface area (Å²) in [6, 6.07) is 43.6. The number of benzene rings is 5. The summed E-state index contributed by atoms with van der Waals surface area (Å²) in [5, 5.41) is 5.88. The number of oxazole rings is 1. The highest BCUT2D eigenvalue weighted by molar-refractivity contribution is 5.95. The van der Waals surface area contributed by atoms with Crippen LogP contribution < -0.4 is 10.6 Å². The van der Waals surface area contributed by atoms with E-state index < -0.39 is 24.0 Å². The largest absolute Gasteiger partial charge is 0.459 e. The first kappa shape index (κ1) is 36.0. The third-order valence-corrected chi connectivity index (χ3v) is 8.36. The number of carbonyl (C=O) groups excluding carboxylic acids is 4. The summed E-state index contributed by atoms with van der Waals surface area (Å²) >= 11 is 0. The summed E-state index contributed by atoms with van der Waals surface area (Å²) in [6.45, 7) is -0.560. The van der Waals surface area contributed by atoms with Gasteiger partial charge in [-0.15, -0.1) is 0 Å². The first-order valence-electron chi connectivity index (χ1n) is 17.1. The Hall–Kier alpha value is -6.81. The van der Waals surface area contributed by atoms with E-state index >= 15 is 0 Å². The third-order valence-electron chi connectivity index (χ3n) is 8.36. The van der Waals surface area contributed by atoms with Gasteiger partial charge < -0.3 is 24.5 Å². The quantitative estimate of drug-likeness (QED) is 0.104. The Balaban J connectivity index is 1.14. The molecule has 0 radical (unpaired) electrons. The summed E-state index contributed by atoms with van der Waals surface area (Å²) in [7, 11) is 0. The van der Waals surface area contributed by atoms with E-state index in [0.717, 1.165) is 11.1 Å². The Morgan fingerprint density at radius 3 is 1.38 bits per heavy atom. The van der Waals surface area contributed by atoms with Crippen LogP contribution in [0, 0.1) is 0 Å². The van der Waals surface area contributed by atoms with Gasteiger partial charge in [0.15, 0.2) is 12.4 Å². The van der Waals surface area contributed by atoms with E-state index in [1.807, 2.05) is 103 Å². The summed E-state index contributed by atoms with van der Waals surface area (Å²) in [5.41, 5.74) is 3.35. The smallest absolute Gasteiger partial charge is 0.308 e. The van der Waals surface area contributed by atoms with Gasteiger partial charge in [0.1, 0.15) is 12.3 Å². The predicted molar refractivity (Wildman–Crippen MR) is 197 cm³/mol. The molecule has 0 saturated carbocycles. The van der Waals surface area contributed by atoms with Crippen molar-refractivity contribution in [3.05, 3.63) is 185 Å². The highest BCUT2D eigenvalue weighted by atomic mass is 16.5. The Morgan fingerprint density at radius 2 is 0.925 bits per heavy atom. The summed E-state index contributed by atoms with van der Waals surface area (Å²) in [4.78, 5) is 57.1. The number of nitrogens with one attached hydrogen (secondary N) is 2. The molecule has 0 spiro atoms. The Kier molecular flexibility index (Phi) is 12.2. The Bertz CT molecular complexity index is 1970. The number of amides is 2.